The van der Waals surface area contributed by atoms with Gasteiger partial charge in [-0.25, -0.2) is 4.79 Å². The zero-order chi connectivity index (χ0) is 19.5. The molecular formula is C20H30ClN2O3+. The van der Waals surface area contributed by atoms with Crippen molar-refractivity contribution in [3.05, 3.63) is 28.3 Å². The number of esters is 1. The summed E-state index contributed by atoms with van der Waals surface area (Å²) in [7, 11) is 1.32. The van der Waals surface area contributed by atoms with Crippen LogP contribution in [0.2, 0.25) is 5.02 Å². The molecule has 0 aliphatic heterocycles. The number of carbonyl (C=O) groups is 2. The number of rotatable bonds is 7. The van der Waals surface area contributed by atoms with Crippen molar-refractivity contribution >= 4 is 29.2 Å². The first-order valence-electron chi connectivity index (χ1n) is 9.37. The summed E-state index contributed by atoms with van der Waals surface area (Å²) in [5.41, 5.74) is 1.11. The number of likely N-dealkylation sites (N-methyl/N-ethyl adjacent to an activating group) is 1. The molecule has 1 aliphatic carbocycles. The van der Waals surface area contributed by atoms with E-state index in [1.165, 1.54) is 7.11 Å². The minimum absolute atomic E-state index is 0.00937. The third-order valence-corrected chi connectivity index (χ3v) is 6.49. The van der Waals surface area contributed by atoms with Crippen LogP contribution < -0.4 is 5.32 Å². The van der Waals surface area contributed by atoms with E-state index in [1.807, 2.05) is 6.92 Å². The number of halogens is 1. The second kappa shape index (κ2) is 7.97. The van der Waals surface area contributed by atoms with Crippen molar-refractivity contribution in [2.75, 3.05) is 32.1 Å². The molecule has 6 heteroatoms. The van der Waals surface area contributed by atoms with Crippen LogP contribution in [0.15, 0.2) is 12.1 Å². The predicted octanol–water partition coefficient (Wildman–Crippen LogP) is 4.17. The number of aryl methyl sites for hydroxylation is 1. The molecule has 0 heterocycles. The summed E-state index contributed by atoms with van der Waals surface area (Å²) in [5, 5.41) is 3.50. The summed E-state index contributed by atoms with van der Waals surface area (Å²) in [6.07, 6.45) is 2.79. The number of hydrogen-bond donors (Lipinski definition) is 1. The van der Waals surface area contributed by atoms with Crippen molar-refractivity contribution in [2.24, 2.45) is 0 Å². The number of quaternary nitrogens is 1. The molecule has 0 spiro atoms. The molecule has 0 aromatic heterocycles. The zero-order valence-electron chi connectivity index (χ0n) is 16.4. The second-order valence-corrected chi connectivity index (χ2v) is 7.51. The van der Waals surface area contributed by atoms with Gasteiger partial charge >= 0.3 is 5.97 Å². The first-order valence-corrected chi connectivity index (χ1v) is 9.74. The SMILES string of the molecule is CC[N+](CC)(CC)C1(C(=O)Nc2c(C)cc(Cl)cc2C(=O)OC)CCC1. The standard InChI is InChI=1S/C20H29ClN2O3/c1-6-23(7-2,8-3)20(10-9-11-20)19(25)22-17-14(4)12-15(21)13-16(17)18(24)26-5/h12-13H,6-11H2,1-5H3/p+1. The van der Waals surface area contributed by atoms with E-state index in [-0.39, 0.29) is 5.91 Å². The van der Waals surface area contributed by atoms with Crippen LogP contribution in [0.5, 0.6) is 0 Å². The Bertz CT molecular complexity index is 686. The third-order valence-electron chi connectivity index (χ3n) is 6.27. The molecule has 1 aromatic carbocycles. The van der Waals surface area contributed by atoms with Crippen LogP contribution >= 0.6 is 11.6 Å². The maximum atomic E-state index is 13.4. The number of nitrogens with zero attached hydrogens (tertiary/aromatic N) is 1. The number of hydrogen-bond acceptors (Lipinski definition) is 3. The van der Waals surface area contributed by atoms with Gasteiger partial charge in [0.1, 0.15) is 0 Å². The molecule has 1 aromatic rings. The van der Waals surface area contributed by atoms with Gasteiger partial charge in [-0.3, -0.25) is 4.79 Å². The summed E-state index contributed by atoms with van der Waals surface area (Å²) in [6, 6.07) is 3.30. The number of ether oxygens (including phenoxy) is 1. The molecule has 26 heavy (non-hydrogen) atoms. The van der Waals surface area contributed by atoms with E-state index >= 15 is 0 Å². The lowest BCUT2D eigenvalue weighted by molar-refractivity contribution is -0.967. The number of anilines is 1. The summed E-state index contributed by atoms with van der Waals surface area (Å²) < 4.78 is 5.64. The van der Waals surface area contributed by atoms with Crippen LogP contribution in [0.1, 0.15) is 56.0 Å². The number of carbonyl (C=O) groups excluding carboxylic acids is 2. The van der Waals surface area contributed by atoms with Crippen molar-refractivity contribution < 1.29 is 18.8 Å². The average Bonchev–Trinajstić information content (AvgIpc) is 2.59. The summed E-state index contributed by atoms with van der Waals surface area (Å²) in [4.78, 5) is 25.6. The van der Waals surface area contributed by atoms with Crippen molar-refractivity contribution in [1.82, 2.24) is 0 Å². The van der Waals surface area contributed by atoms with Crippen LogP contribution in [-0.2, 0) is 9.53 Å². The minimum atomic E-state index is -0.504. The molecular weight excluding hydrogens is 352 g/mol. The topological polar surface area (TPSA) is 55.4 Å². The summed E-state index contributed by atoms with van der Waals surface area (Å²) in [6.45, 7) is 11.0. The highest BCUT2D eigenvalue weighted by Gasteiger charge is 2.58. The number of methoxy groups -OCH3 is 1. The fourth-order valence-electron chi connectivity index (χ4n) is 4.42. The molecule has 2 rings (SSSR count). The minimum Gasteiger partial charge on any atom is -0.465 e. The van der Waals surface area contributed by atoms with Crippen molar-refractivity contribution in [3.63, 3.8) is 0 Å². The van der Waals surface area contributed by atoms with E-state index in [0.29, 0.717) is 16.3 Å². The van der Waals surface area contributed by atoms with Gasteiger partial charge in [0, 0.05) is 17.9 Å². The third kappa shape index (κ3) is 3.23. The van der Waals surface area contributed by atoms with Gasteiger partial charge in [0.15, 0.2) is 5.54 Å². The Labute approximate surface area is 161 Å². The van der Waals surface area contributed by atoms with E-state index in [4.69, 9.17) is 16.3 Å². The Balaban J connectivity index is 2.45. The normalized spacial score (nSPS) is 15.9. The summed E-state index contributed by atoms with van der Waals surface area (Å²) in [5.74, 6) is -0.513. The molecule has 0 radical (unpaired) electrons. The Hall–Kier alpha value is -1.59. The average molecular weight is 382 g/mol. The van der Waals surface area contributed by atoms with E-state index in [2.05, 4.69) is 26.1 Å². The van der Waals surface area contributed by atoms with Crippen molar-refractivity contribution in [1.29, 1.82) is 0 Å². The number of nitrogens with one attached hydrogen (secondary N) is 1. The smallest absolute Gasteiger partial charge is 0.340 e. The molecule has 1 amide bonds. The van der Waals surface area contributed by atoms with Crippen LogP contribution in [0, 0.1) is 6.92 Å². The first kappa shape index (κ1) is 20.7. The van der Waals surface area contributed by atoms with Crippen LogP contribution in [0.25, 0.3) is 0 Å². The highest BCUT2D eigenvalue weighted by molar-refractivity contribution is 6.31. The van der Waals surface area contributed by atoms with Crippen LogP contribution in [-0.4, -0.2) is 48.6 Å². The van der Waals surface area contributed by atoms with Gasteiger partial charge in [0.25, 0.3) is 5.91 Å². The zero-order valence-corrected chi connectivity index (χ0v) is 17.2. The van der Waals surface area contributed by atoms with Gasteiger partial charge in [-0.2, -0.15) is 0 Å². The maximum Gasteiger partial charge on any atom is 0.340 e. The fraction of sp³-hybridized carbons (Fsp3) is 0.600. The first-order chi connectivity index (χ1) is 12.3. The van der Waals surface area contributed by atoms with Gasteiger partial charge < -0.3 is 14.5 Å². The van der Waals surface area contributed by atoms with Crippen molar-refractivity contribution in [3.8, 4) is 0 Å². The quantitative estimate of drug-likeness (QED) is 0.569. The monoisotopic (exact) mass is 381 g/mol. The van der Waals surface area contributed by atoms with Gasteiger partial charge in [0.05, 0.1) is 38.0 Å². The Morgan fingerprint density at radius 1 is 1.19 bits per heavy atom. The summed E-state index contributed by atoms with van der Waals surface area (Å²) >= 11 is 6.10. The van der Waals surface area contributed by atoms with Gasteiger partial charge in [-0.05, 0) is 51.8 Å². The maximum absolute atomic E-state index is 13.4. The van der Waals surface area contributed by atoms with Crippen molar-refractivity contribution in [2.45, 2.75) is 52.5 Å². The molecule has 0 unspecified atom stereocenters. The van der Waals surface area contributed by atoms with Crippen LogP contribution in [0.3, 0.4) is 0 Å². The predicted molar refractivity (Wildman–Crippen MR) is 105 cm³/mol. The lowest BCUT2D eigenvalue weighted by Gasteiger charge is -2.55. The van der Waals surface area contributed by atoms with Gasteiger partial charge in [-0.1, -0.05) is 11.6 Å². The number of amides is 1. The highest BCUT2D eigenvalue weighted by atomic mass is 35.5. The molecule has 1 saturated carbocycles. The molecule has 0 saturated heterocycles. The lowest BCUT2D eigenvalue weighted by Crippen LogP contribution is -2.72. The Kier molecular flexibility index (Phi) is 6.35. The molecule has 144 valence electrons. The fourth-order valence-corrected chi connectivity index (χ4v) is 4.69. The largest absolute Gasteiger partial charge is 0.465 e. The van der Waals surface area contributed by atoms with E-state index in [9.17, 15) is 9.59 Å². The highest BCUT2D eigenvalue weighted by Crippen LogP contribution is 2.44. The molecule has 1 aliphatic rings. The van der Waals surface area contributed by atoms with Gasteiger partial charge in [0.2, 0.25) is 0 Å². The lowest BCUT2D eigenvalue weighted by atomic mass is 9.72. The Morgan fingerprint density at radius 2 is 1.77 bits per heavy atom. The van der Waals surface area contributed by atoms with E-state index in [0.717, 1.165) is 48.9 Å². The van der Waals surface area contributed by atoms with Crippen LogP contribution in [0.4, 0.5) is 5.69 Å². The second-order valence-electron chi connectivity index (χ2n) is 7.07. The van der Waals surface area contributed by atoms with E-state index in [1.54, 1.807) is 12.1 Å². The van der Waals surface area contributed by atoms with Gasteiger partial charge in [-0.15, -0.1) is 0 Å². The molecule has 5 nitrogen and oxygen atoms in total. The molecule has 0 atom stereocenters. The molecule has 1 N–H and O–H groups in total. The number of benzene rings is 1. The molecule has 1 fully saturated rings. The molecule has 0 bridgehead atoms. The van der Waals surface area contributed by atoms with E-state index < -0.39 is 11.5 Å². The Morgan fingerprint density at radius 3 is 2.19 bits per heavy atom.